The van der Waals surface area contributed by atoms with Crippen LogP contribution in [0.1, 0.15) is 60.3 Å². The third-order valence-corrected chi connectivity index (χ3v) is 5.25. The summed E-state index contributed by atoms with van der Waals surface area (Å²) in [4.78, 5) is 14.5. The summed E-state index contributed by atoms with van der Waals surface area (Å²) in [6.45, 7) is 12.0. The Balaban J connectivity index is 1.88. The third-order valence-electron chi connectivity index (χ3n) is 5.25. The van der Waals surface area contributed by atoms with Gasteiger partial charge in [-0.3, -0.25) is 0 Å². The summed E-state index contributed by atoms with van der Waals surface area (Å²) in [6.07, 6.45) is 4.14. The summed E-state index contributed by atoms with van der Waals surface area (Å²) in [5.74, 6) is 1.13. The molecule has 0 saturated carbocycles. The first-order valence-corrected chi connectivity index (χ1v) is 9.16. The molecule has 2 aliphatic heterocycles. The lowest BCUT2D eigenvalue weighted by Crippen LogP contribution is -2.53. The lowest BCUT2D eigenvalue weighted by molar-refractivity contribution is 0.00455. The Morgan fingerprint density at radius 2 is 1.83 bits per heavy atom. The molecule has 3 atom stereocenters. The molecule has 5 heteroatoms. The molecule has 0 aliphatic carbocycles. The Labute approximate surface area is 141 Å². The van der Waals surface area contributed by atoms with Crippen molar-refractivity contribution >= 4 is 6.09 Å². The molecule has 2 fully saturated rings. The van der Waals surface area contributed by atoms with Crippen LogP contribution in [0.25, 0.3) is 0 Å². The third kappa shape index (κ3) is 4.83. The molecule has 5 nitrogen and oxygen atoms in total. The van der Waals surface area contributed by atoms with Gasteiger partial charge < -0.3 is 20.7 Å². The number of hydrogen-bond donors (Lipinski definition) is 2. The van der Waals surface area contributed by atoms with Crippen molar-refractivity contribution < 1.29 is 9.53 Å². The Hall–Kier alpha value is -0.810. The summed E-state index contributed by atoms with van der Waals surface area (Å²) in [7, 11) is 0. The molecular weight excluding hydrogens is 290 g/mol. The molecule has 3 N–H and O–H groups in total. The van der Waals surface area contributed by atoms with E-state index < -0.39 is 5.60 Å². The van der Waals surface area contributed by atoms with Crippen molar-refractivity contribution in [1.82, 2.24) is 10.2 Å². The van der Waals surface area contributed by atoms with E-state index in [0.717, 1.165) is 38.8 Å². The number of fused-ring (bicyclic) bond motifs is 2. The Kier molecular flexibility index (Phi) is 5.95. The largest absolute Gasteiger partial charge is 0.444 e. The van der Waals surface area contributed by atoms with Gasteiger partial charge in [-0.1, -0.05) is 13.8 Å². The number of ether oxygens (including phenoxy) is 1. The monoisotopic (exact) mass is 325 g/mol. The van der Waals surface area contributed by atoms with E-state index in [2.05, 4.69) is 19.2 Å². The van der Waals surface area contributed by atoms with Gasteiger partial charge in [0.15, 0.2) is 0 Å². The maximum Gasteiger partial charge on any atom is 0.410 e. The highest BCUT2D eigenvalue weighted by molar-refractivity contribution is 5.69. The number of carbonyl (C=O) groups is 1. The first-order valence-electron chi connectivity index (χ1n) is 9.16. The van der Waals surface area contributed by atoms with E-state index in [1.807, 2.05) is 25.7 Å². The van der Waals surface area contributed by atoms with Gasteiger partial charge in [-0.15, -0.1) is 0 Å². The highest BCUT2D eigenvalue weighted by Gasteiger charge is 2.44. The molecule has 0 aromatic carbocycles. The van der Waals surface area contributed by atoms with E-state index in [-0.39, 0.29) is 6.09 Å². The number of carbonyl (C=O) groups excluding carboxylic acids is 1. The molecule has 0 aromatic rings. The molecule has 23 heavy (non-hydrogen) atoms. The average molecular weight is 325 g/mol. The minimum atomic E-state index is -0.419. The topological polar surface area (TPSA) is 67.6 Å². The van der Waals surface area contributed by atoms with E-state index in [1.54, 1.807) is 0 Å². The van der Waals surface area contributed by atoms with Crippen LogP contribution in [0, 0.1) is 11.8 Å². The van der Waals surface area contributed by atoms with Crippen molar-refractivity contribution in [2.75, 3.05) is 13.1 Å². The second kappa shape index (κ2) is 7.39. The fourth-order valence-corrected chi connectivity index (χ4v) is 3.87. The van der Waals surface area contributed by atoms with Gasteiger partial charge in [0.2, 0.25) is 0 Å². The van der Waals surface area contributed by atoms with Crippen LogP contribution < -0.4 is 11.1 Å². The van der Waals surface area contributed by atoms with E-state index in [4.69, 9.17) is 10.5 Å². The predicted octanol–water partition coefficient (Wildman–Crippen LogP) is 2.74. The molecule has 1 amide bonds. The van der Waals surface area contributed by atoms with E-state index in [9.17, 15) is 4.79 Å². The number of nitrogens with zero attached hydrogens (tertiary/aromatic N) is 1. The minimum absolute atomic E-state index is 0.134. The number of amides is 1. The van der Waals surface area contributed by atoms with Crippen molar-refractivity contribution in [2.24, 2.45) is 17.6 Å². The van der Waals surface area contributed by atoms with Gasteiger partial charge in [-0.2, -0.15) is 0 Å². The van der Waals surface area contributed by atoms with Gasteiger partial charge >= 0.3 is 6.09 Å². The highest BCUT2D eigenvalue weighted by atomic mass is 16.6. The van der Waals surface area contributed by atoms with Crippen LogP contribution in [0.2, 0.25) is 0 Å². The van der Waals surface area contributed by atoms with Crippen molar-refractivity contribution in [3.05, 3.63) is 0 Å². The standard InChI is InChI=1S/C18H35N3O2/c1-12(2)13(10-19)11-20-14-8-15-6-7-16(9-14)21(15)17(22)23-18(3,4)5/h12-16,20H,6-11,19H2,1-5H3. The summed E-state index contributed by atoms with van der Waals surface area (Å²) in [5, 5.41) is 3.70. The number of piperidine rings is 1. The normalized spacial score (nSPS) is 29.0. The van der Waals surface area contributed by atoms with Crippen molar-refractivity contribution in [1.29, 1.82) is 0 Å². The number of rotatable bonds is 5. The van der Waals surface area contributed by atoms with Crippen molar-refractivity contribution in [3.8, 4) is 0 Å². The van der Waals surface area contributed by atoms with Gasteiger partial charge in [0.05, 0.1) is 0 Å². The van der Waals surface area contributed by atoms with E-state index in [1.165, 1.54) is 0 Å². The van der Waals surface area contributed by atoms with Gasteiger partial charge in [0, 0.05) is 18.1 Å². The molecule has 0 radical (unpaired) electrons. The first kappa shape index (κ1) is 18.5. The molecule has 2 saturated heterocycles. The lowest BCUT2D eigenvalue weighted by atomic mass is 9.93. The minimum Gasteiger partial charge on any atom is -0.444 e. The van der Waals surface area contributed by atoms with Crippen LogP contribution in [0.5, 0.6) is 0 Å². The van der Waals surface area contributed by atoms with Crippen LogP contribution in [0.3, 0.4) is 0 Å². The smallest absolute Gasteiger partial charge is 0.410 e. The summed E-state index contributed by atoms with van der Waals surface area (Å²) in [5.41, 5.74) is 5.45. The zero-order valence-electron chi connectivity index (χ0n) is 15.5. The van der Waals surface area contributed by atoms with Gasteiger partial charge in [-0.05, 0) is 71.4 Å². The molecule has 2 aliphatic rings. The highest BCUT2D eigenvalue weighted by Crippen LogP contribution is 2.36. The molecule has 134 valence electrons. The summed E-state index contributed by atoms with van der Waals surface area (Å²) >= 11 is 0. The molecule has 0 aromatic heterocycles. The molecule has 2 heterocycles. The second-order valence-electron chi connectivity index (χ2n) is 8.59. The van der Waals surface area contributed by atoms with E-state index in [0.29, 0.717) is 30.0 Å². The van der Waals surface area contributed by atoms with Crippen LogP contribution in [-0.2, 0) is 4.74 Å². The summed E-state index contributed by atoms with van der Waals surface area (Å²) in [6, 6.07) is 1.16. The lowest BCUT2D eigenvalue weighted by Gasteiger charge is -2.40. The molecule has 2 rings (SSSR count). The first-order chi connectivity index (χ1) is 10.7. The van der Waals surface area contributed by atoms with E-state index >= 15 is 0 Å². The maximum atomic E-state index is 12.4. The number of hydrogen-bond acceptors (Lipinski definition) is 4. The van der Waals surface area contributed by atoms with Gasteiger partial charge in [0.25, 0.3) is 0 Å². The van der Waals surface area contributed by atoms with Crippen LogP contribution in [-0.4, -0.2) is 47.8 Å². The Bertz CT molecular complexity index is 392. The summed E-state index contributed by atoms with van der Waals surface area (Å²) < 4.78 is 5.59. The van der Waals surface area contributed by atoms with Gasteiger partial charge in [-0.25, -0.2) is 4.79 Å². The van der Waals surface area contributed by atoms with Crippen LogP contribution in [0.4, 0.5) is 4.79 Å². The van der Waals surface area contributed by atoms with Crippen LogP contribution in [0.15, 0.2) is 0 Å². The van der Waals surface area contributed by atoms with Gasteiger partial charge in [0.1, 0.15) is 5.60 Å². The fourth-order valence-electron chi connectivity index (χ4n) is 3.87. The number of nitrogens with two attached hydrogens (primary N) is 1. The molecular formula is C18H35N3O2. The SMILES string of the molecule is CC(C)C(CN)CNC1CC2CCC(C1)N2C(=O)OC(C)(C)C. The number of nitrogens with one attached hydrogen (secondary N) is 1. The van der Waals surface area contributed by atoms with Crippen molar-refractivity contribution in [2.45, 2.75) is 84.0 Å². The zero-order chi connectivity index (χ0) is 17.2. The Morgan fingerprint density at radius 3 is 2.26 bits per heavy atom. The average Bonchev–Trinajstić information content (AvgIpc) is 2.69. The van der Waals surface area contributed by atoms with Crippen molar-refractivity contribution in [3.63, 3.8) is 0 Å². The zero-order valence-corrected chi connectivity index (χ0v) is 15.5. The maximum absolute atomic E-state index is 12.4. The molecule has 0 spiro atoms. The van der Waals surface area contributed by atoms with Crippen LogP contribution >= 0.6 is 0 Å². The molecule has 3 unspecified atom stereocenters. The predicted molar refractivity (Wildman–Crippen MR) is 93.3 cm³/mol. The fraction of sp³-hybridized carbons (Fsp3) is 0.944. The second-order valence-corrected chi connectivity index (χ2v) is 8.59. The molecule has 2 bridgehead atoms. The Morgan fingerprint density at radius 1 is 1.26 bits per heavy atom. The quantitative estimate of drug-likeness (QED) is 0.815.